The zero-order valence-electron chi connectivity index (χ0n) is 35.6. The summed E-state index contributed by atoms with van der Waals surface area (Å²) in [6.45, 7) is 7.20. The van der Waals surface area contributed by atoms with Gasteiger partial charge in [-0.25, -0.2) is 4.39 Å². The molecule has 11 nitrogen and oxygen atoms in total. The highest BCUT2D eigenvalue weighted by molar-refractivity contribution is 6.30. The van der Waals surface area contributed by atoms with Crippen LogP contribution < -0.4 is 17.2 Å². The number of carbonyl (C=O) groups excluding carboxylic acids is 4. The number of benzene rings is 3. The standard InChI is InChI=1S/C21H27ClFN3O2.C17H17N3O2.C6H6.C5H5N/c1-11(2)12(3)7-16(13(4)24)21(28)26(10-20(25)27)19-6-5-15-17(19)8-14(22)9-18(15)23;18-16(21)11-20(17(22)12-5-2-1-3-6-12)15-9-8-14-13(15)7-4-10-19-14;2*1-2-4-6-5-3-1/h7-9,11,19H,5-6,10,24H2,1-4H3,(H2,25,27);1-7,10,15H,8-9,11H2,(H2,18,21);1-6H;1-5H/b12-7-,16-13+;;;/t19-;;;/m1.../s1. The van der Waals surface area contributed by atoms with E-state index < -0.39 is 29.6 Å². The Morgan fingerprint density at radius 3 is 1.82 bits per heavy atom. The summed E-state index contributed by atoms with van der Waals surface area (Å²) in [7, 11) is 0. The van der Waals surface area contributed by atoms with Crippen LogP contribution in [-0.2, 0) is 27.2 Å². The molecule has 7 rings (SSSR count). The number of aromatic nitrogens is 2. The number of rotatable bonds is 10. The van der Waals surface area contributed by atoms with E-state index in [1.54, 1.807) is 66.8 Å². The van der Waals surface area contributed by atoms with Crippen molar-refractivity contribution in [3.63, 3.8) is 0 Å². The molecule has 6 N–H and O–H groups in total. The van der Waals surface area contributed by atoms with Gasteiger partial charge in [-0.1, -0.05) is 97.8 Å². The van der Waals surface area contributed by atoms with E-state index in [1.165, 1.54) is 11.0 Å². The fraction of sp³-hybridized carbons (Fsp3) is 0.265. The highest BCUT2D eigenvalue weighted by Gasteiger charge is 2.35. The molecule has 0 aliphatic heterocycles. The SMILES string of the molecule is C/C(=C/C(C(=O)N(CC(N)=O)[C@@H]1CCc2c(F)cc(Cl)cc21)=C(/C)N)C(C)C.NC(=O)CN(C(=O)c1ccccc1)C1CCc2ncccc21.c1ccccc1.c1ccncc1. The lowest BCUT2D eigenvalue weighted by molar-refractivity contribution is -0.134. The zero-order chi connectivity index (χ0) is 45.2. The Hall–Kier alpha value is -6.66. The van der Waals surface area contributed by atoms with Crippen molar-refractivity contribution in [3.8, 4) is 0 Å². The van der Waals surface area contributed by atoms with Gasteiger partial charge in [-0.3, -0.25) is 29.1 Å². The Balaban J connectivity index is 0.000000217. The average Bonchev–Trinajstić information content (AvgIpc) is 3.90. The van der Waals surface area contributed by atoms with Crippen LogP contribution in [0.15, 0.2) is 151 Å². The molecule has 0 saturated carbocycles. The van der Waals surface area contributed by atoms with E-state index in [-0.39, 0.29) is 36.0 Å². The predicted octanol–water partition coefficient (Wildman–Crippen LogP) is 8.08. The first kappa shape index (κ1) is 48.0. The normalized spacial score (nSPS) is 15.1. The van der Waals surface area contributed by atoms with Gasteiger partial charge in [0.1, 0.15) is 18.9 Å². The number of pyridine rings is 2. The van der Waals surface area contributed by atoms with Crippen molar-refractivity contribution in [2.24, 2.45) is 23.1 Å². The number of nitrogens with two attached hydrogens (primary N) is 3. The Bertz CT molecular complexity index is 2240. The van der Waals surface area contributed by atoms with Crippen molar-refractivity contribution in [1.82, 2.24) is 19.8 Å². The molecule has 13 heteroatoms. The van der Waals surface area contributed by atoms with Gasteiger partial charge in [-0.05, 0) is 111 Å². The lowest BCUT2D eigenvalue weighted by Gasteiger charge is -2.30. The molecule has 1 unspecified atom stereocenters. The molecular formula is C49H55ClFN7O4. The van der Waals surface area contributed by atoms with Crippen LogP contribution in [-0.4, -0.2) is 56.5 Å². The van der Waals surface area contributed by atoms with Gasteiger partial charge in [0.15, 0.2) is 0 Å². The van der Waals surface area contributed by atoms with E-state index >= 15 is 0 Å². The number of primary amides is 2. The maximum Gasteiger partial charge on any atom is 0.256 e. The molecule has 2 aliphatic rings. The first-order valence-electron chi connectivity index (χ1n) is 20.3. The second kappa shape index (κ2) is 24.0. The first-order chi connectivity index (χ1) is 29.7. The van der Waals surface area contributed by atoms with E-state index in [9.17, 15) is 23.6 Å². The quantitative estimate of drug-likeness (QED) is 0.0939. The van der Waals surface area contributed by atoms with Gasteiger partial charge in [0.2, 0.25) is 11.8 Å². The molecule has 0 spiro atoms. The Kier molecular flexibility index (Phi) is 18.5. The van der Waals surface area contributed by atoms with Gasteiger partial charge in [0.05, 0.1) is 17.7 Å². The summed E-state index contributed by atoms with van der Waals surface area (Å²) in [5.74, 6) is -1.92. The highest BCUT2D eigenvalue weighted by Crippen LogP contribution is 2.40. The van der Waals surface area contributed by atoms with Gasteiger partial charge in [-0.15, -0.1) is 0 Å². The molecule has 0 bridgehead atoms. The second-order valence-electron chi connectivity index (χ2n) is 15.1. The fourth-order valence-electron chi connectivity index (χ4n) is 6.98. The summed E-state index contributed by atoms with van der Waals surface area (Å²) >= 11 is 6.03. The van der Waals surface area contributed by atoms with Crippen molar-refractivity contribution in [1.29, 1.82) is 0 Å². The van der Waals surface area contributed by atoms with Crippen molar-refractivity contribution in [2.75, 3.05) is 13.1 Å². The zero-order valence-corrected chi connectivity index (χ0v) is 36.3. The number of fused-ring (bicyclic) bond motifs is 2. The minimum absolute atomic E-state index is 0.0905. The van der Waals surface area contributed by atoms with Crippen molar-refractivity contribution in [2.45, 2.75) is 65.5 Å². The molecule has 5 aromatic rings. The van der Waals surface area contributed by atoms with Crippen LogP contribution in [0.5, 0.6) is 0 Å². The van der Waals surface area contributed by atoms with E-state index in [0.717, 1.165) is 29.7 Å². The minimum Gasteiger partial charge on any atom is -0.402 e. The van der Waals surface area contributed by atoms with Crippen LogP contribution in [0.25, 0.3) is 0 Å². The molecule has 3 aromatic carbocycles. The third kappa shape index (κ3) is 14.0. The van der Waals surface area contributed by atoms with Crippen LogP contribution in [0.2, 0.25) is 5.02 Å². The number of hydrogen-bond donors (Lipinski definition) is 3. The Morgan fingerprint density at radius 1 is 0.742 bits per heavy atom. The number of nitrogens with zero attached hydrogens (tertiary/aromatic N) is 4. The summed E-state index contributed by atoms with van der Waals surface area (Å²) in [6.07, 6.45) is 9.49. The van der Waals surface area contributed by atoms with Crippen molar-refractivity contribution >= 4 is 35.2 Å². The lowest BCUT2D eigenvalue weighted by atomic mass is 9.99. The molecule has 2 atom stereocenters. The molecule has 2 heterocycles. The number of carbonyl (C=O) groups is 4. The molecule has 0 saturated heterocycles. The second-order valence-corrected chi connectivity index (χ2v) is 15.5. The van der Waals surface area contributed by atoms with Gasteiger partial charge in [-0.2, -0.15) is 0 Å². The Labute approximate surface area is 368 Å². The Morgan fingerprint density at radius 2 is 1.29 bits per heavy atom. The van der Waals surface area contributed by atoms with Crippen LogP contribution >= 0.6 is 11.6 Å². The summed E-state index contributed by atoms with van der Waals surface area (Å²) in [5.41, 5.74) is 22.1. The van der Waals surface area contributed by atoms with E-state index in [0.29, 0.717) is 40.8 Å². The predicted molar refractivity (Wildman–Crippen MR) is 242 cm³/mol. The number of amides is 4. The average molecular weight is 860 g/mol. The third-order valence-electron chi connectivity index (χ3n) is 10.3. The van der Waals surface area contributed by atoms with Crippen LogP contribution in [0.1, 0.15) is 85.4 Å². The van der Waals surface area contributed by atoms with Crippen molar-refractivity contribution < 1.29 is 23.6 Å². The molecule has 324 valence electrons. The third-order valence-corrected chi connectivity index (χ3v) is 10.5. The summed E-state index contributed by atoms with van der Waals surface area (Å²) < 4.78 is 14.3. The van der Waals surface area contributed by atoms with Crippen LogP contribution in [0.3, 0.4) is 0 Å². The molecule has 2 aliphatic carbocycles. The van der Waals surface area contributed by atoms with E-state index in [2.05, 4.69) is 9.97 Å². The lowest BCUT2D eigenvalue weighted by Crippen LogP contribution is -2.41. The first-order valence-corrected chi connectivity index (χ1v) is 20.7. The summed E-state index contributed by atoms with van der Waals surface area (Å²) in [4.78, 5) is 60.3. The maximum atomic E-state index is 14.3. The number of halogens is 2. The molecule has 4 amide bonds. The number of aryl methyl sites for hydroxylation is 1. The number of hydrogen-bond acceptors (Lipinski definition) is 7. The molecule has 0 radical (unpaired) electrons. The minimum atomic E-state index is -0.650. The van der Waals surface area contributed by atoms with Gasteiger partial charge >= 0.3 is 0 Å². The van der Waals surface area contributed by atoms with Gasteiger partial charge < -0.3 is 27.0 Å². The van der Waals surface area contributed by atoms with Crippen LogP contribution in [0, 0.1) is 11.7 Å². The van der Waals surface area contributed by atoms with E-state index in [1.807, 2.05) is 93.6 Å². The smallest absolute Gasteiger partial charge is 0.256 e. The highest BCUT2D eigenvalue weighted by atomic mass is 35.5. The monoisotopic (exact) mass is 859 g/mol. The van der Waals surface area contributed by atoms with E-state index in [4.69, 9.17) is 28.8 Å². The summed E-state index contributed by atoms with van der Waals surface area (Å²) in [6, 6.07) is 32.7. The maximum absolute atomic E-state index is 14.3. The molecule has 0 fully saturated rings. The molecular weight excluding hydrogens is 805 g/mol. The van der Waals surface area contributed by atoms with Gasteiger partial charge in [0, 0.05) is 40.6 Å². The fourth-order valence-corrected chi connectivity index (χ4v) is 7.19. The molecule has 62 heavy (non-hydrogen) atoms. The number of allylic oxidation sites excluding steroid dienone is 2. The summed E-state index contributed by atoms with van der Waals surface area (Å²) in [5, 5.41) is 0.246. The van der Waals surface area contributed by atoms with Crippen molar-refractivity contribution in [3.05, 3.63) is 189 Å². The molecule has 2 aromatic heterocycles. The van der Waals surface area contributed by atoms with Crippen LogP contribution in [0.4, 0.5) is 4.39 Å². The topological polar surface area (TPSA) is 179 Å². The van der Waals surface area contributed by atoms with Gasteiger partial charge in [0.25, 0.3) is 11.8 Å². The largest absolute Gasteiger partial charge is 0.402 e.